The Labute approximate surface area is 209 Å². The zero-order valence-corrected chi connectivity index (χ0v) is 20.3. The monoisotopic (exact) mass is 507 g/mol. The highest BCUT2D eigenvalue weighted by Gasteiger charge is 2.31. The summed E-state index contributed by atoms with van der Waals surface area (Å²) in [6.07, 6.45) is 2.86. The maximum atomic E-state index is 13.1. The molecular formula is C27H26FN3O4S. The molecule has 0 spiro atoms. The molecule has 5 rings (SSSR count). The number of sulfone groups is 1. The second kappa shape index (κ2) is 9.73. The molecule has 2 aliphatic rings. The fourth-order valence-electron chi connectivity index (χ4n) is 4.80. The van der Waals surface area contributed by atoms with E-state index < -0.39 is 33.4 Å². The van der Waals surface area contributed by atoms with Gasteiger partial charge in [0, 0.05) is 5.56 Å². The number of hydrogen-bond acceptors (Lipinski definition) is 5. The van der Waals surface area contributed by atoms with Crippen molar-refractivity contribution in [2.24, 2.45) is 0 Å². The summed E-state index contributed by atoms with van der Waals surface area (Å²) in [4.78, 5) is 25.7. The molecule has 1 heterocycles. The predicted octanol–water partition coefficient (Wildman–Crippen LogP) is 3.98. The molecule has 3 aromatic carbocycles. The van der Waals surface area contributed by atoms with Gasteiger partial charge in [-0.1, -0.05) is 36.4 Å². The van der Waals surface area contributed by atoms with Crippen LogP contribution >= 0.6 is 0 Å². The molecule has 186 valence electrons. The molecule has 7 nitrogen and oxygen atoms in total. The molecule has 3 aromatic rings. The summed E-state index contributed by atoms with van der Waals surface area (Å²) in [6.45, 7) is 0. The fourth-order valence-corrected chi connectivity index (χ4v) is 6.36. The number of nitrogens with one attached hydrogen (secondary N) is 3. The van der Waals surface area contributed by atoms with E-state index >= 15 is 0 Å². The highest BCUT2D eigenvalue weighted by molar-refractivity contribution is 7.90. The Balaban J connectivity index is 1.26. The molecule has 36 heavy (non-hydrogen) atoms. The number of fused-ring (bicyclic) bond motifs is 2. The minimum absolute atomic E-state index is 0.0677. The van der Waals surface area contributed by atoms with Gasteiger partial charge in [-0.05, 0) is 66.3 Å². The van der Waals surface area contributed by atoms with E-state index in [4.69, 9.17) is 0 Å². The summed E-state index contributed by atoms with van der Waals surface area (Å²) in [5.41, 5.74) is 4.19. The van der Waals surface area contributed by atoms with Crippen LogP contribution in [0.2, 0.25) is 0 Å². The number of hydrogen-bond donors (Lipinski definition) is 3. The van der Waals surface area contributed by atoms with Crippen molar-refractivity contribution in [2.75, 3.05) is 16.4 Å². The zero-order chi connectivity index (χ0) is 25.3. The SMILES string of the molecule is O=C(N[C@H]1CCCc2ccccc21)c1ccc2c(c1)NC(=O)[C@H](CS(=O)(=O)Cc1ccc(F)cc1)N2. The molecule has 0 bridgehead atoms. The van der Waals surface area contributed by atoms with Gasteiger partial charge >= 0.3 is 0 Å². The number of aryl methyl sites for hydroxylation is 1. The van der Waals surface area contributed by atoms with Gasteiger partial charge in [-0.3, -0.25) is 9.59 Å². The van der Waals surface area contributed by atoms with Crippen LogP contribution in [0.15, 0.2) is 66.7 Å². The highest BCUT2D eigenvalue weighted by atomic mass is 32.2. The first-order valence-electron chi connectivity index (χ1n) is 11.8. The summed E-state index contributed by atoms with van der Waals surface area (Å²) < 4.78 is 38.4. The quantitative estimate of drug-likeness (QED) is 0.468. The first-order valence-corrected chi connectivity index (χ1v) is 13.6. The molecule has 0 saturated carbocycles. The zero-order valence-electron chi connectivity index (χ0n) is 19.5. The number of halogens is 1. The Morgan fingerprint density at radius 2 is 1.81 bits per heavy atom. The minimum Gasteiger partial charge on any atom is -0.371 e. The van der Waals surface area contributed by atoms with Crippen molar-refractivity contribution in [3.63, 3.8) is 0 Å². The number of anilines is 2. The number of benzene rings is 3. The second-order valence-electron chi connectivity index (χ2n) is 9.24. The molecule has 1 aliphatic heterocycles. The van der Waals surface area contributed by atoms with Crippen LogP contribution in [0.1, 0.15) is 45.9 Å². The second-order valence-corrected chi connectivity index (χ2v) is 11.4. The maximum Gasteiger partial charge on any atom is 0.251 e. The van der Waals surface area contributed by atoms with Gasteiger partial charge in [0.15, 0.2) is 9.84 Å². The van der Waals surface area contributed by atoms with Gasteiger partial charge in [-0.2, -0.15) is 0 Å². The Bertz CT molecular complexity index is 1420. The first kappa shape index (κ1) is 24.0. The van der Waals surface area contributed by atoms with Crippen molar-refractivity contribution in [1.82, 2.24) is 5.32 Å². The Hall–Kier alpha value is -3.72. The fraction of sp³-hybridized carbons (Fsp3) is 0.259. The van der Waals surface area contributed by atoms with Crippen LogP contribution in [0.5, 0.6) is 0 Å². The van der Waals surface area contributed by atoms with Crippen LogP contribution in [0.4, 0.5) is 15.8 Å². The van der Waals surface area contributed by atoms with Crippen LogP contribution in [-0.2, 0) is 26.8 Å². The van der Waals surface area contributed by atoms with E-state index in [1.807, 2.05) is 18.2 Å². The lowest BCUT2D eigenvalue weighted by Gasteiger charge is -2.28. The van der Waals surface area contributed by atoms with Crippen LogP contribution in [0.25, 0.3) is 0 Å². The summed E-state index contributed by atoms with van der Waals surface area (Å²) >= 11 is 0. The minimum atomic E-state index is -3.65. The first-order chi connectivity index (χ1) is 17.3. The average Bonchev–Trinajstić information content (AvgIpc) is 2.85. The van der Waals surface area contributed by atoms with Gasteiger partial charge in [0.05, 0.1) is 28.9 Å². The van der Waals surface area contributed by atoms with E-state index in [0.29, 0.717) is 22.5 Å². The van der Waals surface area contributed by atoms with Crippen molar-refractivity contribution in [2.45, 2.75) is 37.1 Å². The normalized spacial score (nSPS) is 18.9. The molecule has 3 N–H and O–H groups in total. The third-order valence-electron chi connectivity index (χ3n) is 6.58. The van der Waals surface area contributed by atoms with E-state index in [1.165, 1.54) is 29.8 Å². The summed E-state index contributed by atoms with van der Waals surface area (Å²) in [5, 5.41) is 8.80. The van der Waals surface area contributed by atoms with Gasteiger partial charge in [0.25, 0.3) is 5.91 Å². The van der Waals surface area contributed by atoms with Crippen molar-refractivity contribution in [3.05, 3.63) is 94.8 Å². The number of carbonyl (C=O) groups excluding carboxylic acids is 2. The van der Waals surface area contributed by atoms with E-state index in [-0.39, 0.29) is 17.7 Å². The molecule has 2 atom stereocenters. The third kappa shape index (κ3) is 5.26. The molecule has 0 saturated heterocycles. The molecule has 0 fully saturated rings. The third-order valence-corrected chi connectivity index (χ3v) is 8.20. The largest absolute Gasteiger partial charge is 0.371 e. The lowest BCUT2D eigenvalue weighted by atomic mass is 9.87. The van der Waals surface area contributed by atoms with E-state index in [0.717, 1.165) is 24.8 Å². The molecule has 0 aromatic heterocycles. The lowest BCUT2D eigenvalue weighted by Crippen LogP contribution is -2.43. The van der Waals surface area contributed by atoms with E-state index in [2.05, 4.69) is 22.0 Å². The smallest absolute Gasteiger partial charge is 0.251 e. The Kier molecular flexibility index (Phi) is 6.49. The molecule has 2 amide bonds. The topological polar surface area (TPSA) is 104 Å². The van der Waals surface area contributed by atoms with Crippen molar-refractivity contribution < 1.29 is 22.4 Å². The van der Waals surface area contributed by atoms with Crippen molar-refractivity contribution >= 4 is 33.0 Å². The van der Waals surface area contributed by atoms with Crippen LogP contribution in [-0.4, -0.2) is 32.0 Å². The van der Waals surface area contributed by atoms with Crippen molar-refractivity contribution in [1.29, 1.82) is 0 Å². The maximum absolute atomic E-state index is 13.1. The lowest BCUT2D eigenvalue weighted by molar-refractivity contribution is -0.116. The van der Waals surface area contributed by atoms with Gasteiger partial charge in [0.2, 0.25) is 5.91 Å². The number of amides is 2. The van der Waals surface area contributed by atoms with Crippen molar-refractivity contribution in [3.8, 4) is 0 Å². The molecule has 1 aliphatic carbocycles. The average molecular weight is 508 g/mol. The summed E-state index contributed by atoms with van der Waals surface area (Å²) in [5.74, 6) is -1.90. The number of carbonyl (C=O) groups is 2. The summed E-state index contributed by atoms with van der Waals surface area (Å²) in [7, 11) is -3.65. The van der Waals surface area contributed by atoms with E-state index in [9.17, 15) is 22.4 Å². The van der Waals surface area contributed by atoms with Crippen LogP contribution < -0.4 is 16.0 Å². The predicted molar refractivity (Wildman–Crippen MR) is 136 cm³/mol. The van der Waals surface area contributed by atoms with Crippen LogP contribution in [0, 0.1) is 5.82 Å². The molecular weight excluding hydrogens is 481 g/mol. The molecule has 0 unspecified atom stereocenters. The van der Waals surface area contributed by atoms with Gasteiger partial charge in [-0.15, -0.1) is 0 Å². The molecule has 0 radical (unpaired) electrons. The number of rotatable bonds is 6. The standard InChI is InChI=1S/C27H26FN3O4S/c28-20-11-8-17(9-12-20)15-36(34,35)16-25-27(33)31-24-14-19(10-13-23(24)29-25)26(32)30-22-7-3-5-18-4-1-2-6-21(18)22/h1-2,4,6,8-14,22,25,29H,3,5,7,15-16H2,(H,30,32)(H,31,33)/t22-,25-/m0/s1. The highest BCUT2D eigenvalue weighted by Crippen LogP contribution is 2.31. The van der Waals surface area contributed by atoms with Gasteiger partial charge in [-0.25, -0.2) is 12.8 Å². The van der Waals surface area contributed by atoms with Gasteiger partial charge < -0.3 is 16.0 Å². The van der Waals surface area contributed by atoms with Crippen LogP contribution in [0.3, 0.4) is 0 Å². The molecule has 9 heteroatoms. The Morgan fingerprint density at radius 3 is 2.61 bits per heavy atom. The summed E-state index contributed by atoms with van der Waals surface area (Å²) in [6, 6.07) is 17.2. The van der Waals surface area contributed by atoms with Gasteiger partial charge in [0.1, 0.15) is 11.9 Å². The Morgan fingerprint density at radius 1 is 1.03 bits per heavy atom. The van der Waals surface area contributed by atoms with E-state index in [1.54, 1.807) is 18.2 Å².